The van der Waals surface area contributed by atoms with E-state index in [1.807, 2.05) is 18.2 Å². The Balaban J connectivity index is 1.44. The van der Waals surface area contributed by atoms with Gasteiger partial charge in [-0.25, -0.2) is 0 Å². The second-order valence-electron chi connectivity index (χ2n) is 8.26. The van der Waals surface area contributed by atoms with Crippen molar-refractivity contribution in [2.45, 2.75) is 57.2 Å². The smallest absolute Gasteiger partial charge is 0.305 e. The van der Waals surface area contributed by atoms with Crippen molar-refractivity contribution < 1.29 is 14.3 Å². The Morgan fingerprint density at radius 3 is 2.29 bits per heavy atom. The van der Waals surface area contributed by atoms with E-state index in [0.717, 1.165) is 55.9 Å². The summed E-state index contributed by atoms with van der Waals surface area (Å²) in [4.78, 5) is 13.7. The molecule has 0 amide bonds. The lowest BCUT2D eigenvalue weighted by atomic mass is 10.00. The Hall–Kier alpha value is -1.88. The Bertz CT molecular complexity index is 773. The Kier molecular flexibility index (Phi) is 9.85. The van der Waals surface area contributed by atoms with Crippen LogP contribution in [0.15, 0.2) is 54.6 Å². The zero-order valence-electron chi connectivity index (χ0n) is 18.5. The van der Waals surface area contributed by atoms with Crippen LogP contribution >= 0.6 is 11.6 Å². The molecule has 1 saturated heterocycles. The second-order valence-corrected chi connectivity index (χ2v) is 8.70. The number of piperidine rings is 1. The average molecular weight is 444 g/mol. The van der Waals surface area contributed by atoms with Crippen LogP contribution in [-0.2, 0) is 14.3 Å². The van der Waals surface area contributed by atoms with E-state index < -0.39 is 0 Å². The number of esters is 1. The average Bonchev–Trinajstić information content (AvgIpc) is 2.81. The van der Waals surface area contributed by atoms with Gasteiger partial charge in [0.2, 0.25) is 0 Å². The van der Waals surface area contributed by atoms with Crippen molar-refractivity contribution in [1.82, 2.24) is 4.90 Å². The van der Waals surface area contributed by atoms with Crippen LogP contribution in [0.2, 0.25) is 5.02 Å². The number of likely N-dealkylation sites (tertiary alicyclic amines) is 1. The van der Waals surface area contributed by atoms with Gasteiger partial charge in [0.15, 0.2) is 0 Å². The van der Waals surface area contributed by atoms with E-state index >= 15 is 0 Å². The third-order valence-corrected chi connectivity index (χ3v) is 6.22. The number of carbonyl (C=O) groups is 1. The van der Waals surface area contributed by atoms with Crippen LogP contribution in [-0.4, -0.2) is 43.7 Å². The van der Waals surface area contributed by atoms with Crippen molar-refractivity contribution >= 4 is 17.6 Å². The number of hydrogen-bond acceptors (Lipinski definition) is 4. The minimum atomic E-state index is -0.102. The van der Waals surface area contributed by atoms with E-state index in [1.54, 1.807) is 0 Å². The summed E-state index contributed by atoms with van der Waals surface area (Å²) in [6.07, 6.45) is 7.21. The predicted molar refractivity (Wildman–Crippen MR) is 125 cm³/mol. The lowest BCUT2D eigenvalue weighted by Crippen LogP contribution is -2.38. The molecule has 1 heterocycles. The monoisotopic (exact) mass is 443 g/mol. The van der Waals surface area contributed by atoms with E-state index in [1.165, 1.54) is 25.5 Å². The van der Waals surface area contributed by atoms with Crippen LogP contribution in [0, 0.1) is 0 Å². The zero-order valence-corrected chi connectivity index (χ0v) is 19.2. The second kappa shape index (κ2) is 12.8. The lowest BCUT2D eigenvalue weighted by Gasteiger charge is -2.34. The van der Waals surface area contributed by atoms with E-state index in [-0.39, 0.29) is 18.2 Å². The van der Waals surface area contributed by atoms with Gasteiger partial charge in [-0.05, 0) is 55.5 Å². The van der Waals surface area contributed by atoms with E-state index in [4.69, 9.17) is 16.3 Å². The Morgan fingerprint density at radius 2 is 1.61 bits per heavy atom. The van der Waals surface area contributed by atoms with Crippen molar-refractivity contribution in [2.75, 3.05) is 26.7 Å². The normalized spacial score (nSPS) is 16.2. The first-order chi connectivity index (χ1) is 15.2. The number of unbranched alkanes of at least 4 members (excludes halogenated alkanes) is 3. The van der Waals surface area contributed by atoms with Crippen LogP contribution in [0.5, 0.6) is 0 Å². The molecule has 0 saturated carbocycles. The van der Waals surface area contributed by atoms with Gasteiger partial charge in [0.25, 0.3) is 0 Å². The summed E-state index contributed by atoms with van der Waals surface area (Å²) in [5, 5.41) is 0.745. The third-order valence-electron chi connectivity index (χ3n) is 5.97. The summed E-state index contributed by atoms with van der Waals surface area (Å²) in [7, 11) is 1.45. The van der Waals surface area contributed by atoms with Crippen molar-refractivity contribution in [1.29, 1.82) is 0 Å². The summed E-state index contributed by atoms with van der Waals surface area (Å²) in [5.74, 6) is -0.102. The van der Waals surface area contributed by atoms with Gasteiger partial charge in [-0.1, -0.05) is 66.9 Å². The molecule has 1 aliphatic rings. The van der Waals surface area contributed by atoms with E-state index in [2.05, 4.69) is 46.0 Å². The first-order valence-corrected chi connectivity index (χ1v) is 11.8. The largest absolute Gasteiger partial charge is 0.469 e. The van der Waals surface area contributed by atoms with Crippen LogP contribution < -0.4 is 0 Å². The number of halogens is 1. The number of carbonyl (C=O) groups excluding carboxylic acids is 1. The first-order valence-electron chi connectivity index (χ1n) is 11.4. The fourth-order valence-corrected chi connectivity index (χ4v) is 4.26. The summed E-state index contributed by atoms with van der Waals surface area (Å²) in [6, 6.07) is 18.4. The highest BCUT2D eigenvalue weighted by molar-refractivity contribution is 6.30. The quantitative estimate of drug-likeness (QED) is 0.313. The summed E-state index contributed by atoms with van der Waals surface area (Å²) in [6.45, 7) is 3.29. The molecule has 0 aliphatic carbocycles. The molecule has 31 heavy (non-hydrogen) atoms. The SMILES string of the molecule is COC(=O)CCCCCCN1CCC(OC(c2ccccc2)c2ccc(Cl)cc2)CC1. The molecule has 5 heteroatoms. The maximum atomic E-state index is 11.1. The molecule has 0 bridgehead atoms. The third kappa shape index (κ3) is 7.95. The van der Waals surface area contributed by atoms with Crippen LogP contribution in [0.25, 0.3) is 0 Å². The molecule has 1 unspecified atom stereocenters. The van der Waals surface area contributed by atoms with Gasteiger partial charge in [-0.2, -0.15) is 0 Å². The topological polar surface area (TPSA) is 38.8 Å². The standard InChI is InChI=1S/C26H34ClNO3/c1-30-25(29)11-7-2-3-8-18-28-19-16-24(17-20-28)31-26(21-9-5-4-6-10-21)22-12-14-23(27)15-13-22/h4-6,9-10,12-15,24,26H,2-3,7-8,11,16-20H2,1H3. The summed E-state index contributed by atoms with van der Waals surface area (Å²) < 4.78 is 11.3. The number of rotatable bonds is 11. The van der Waals surface area contributed by atoms with Gasteiger partial charge in [0.05, 0.1) is 13.2 Å². The van der Waals surface area contributed by atoms with E-state index in [9.17, 15) is 4.79 Å². The predicted octanol–water partition coefficient (Wildman–Crippen LogP) is 6.03. The Labute approximate surface area is 191 Å². The van der Waals surface area contributed by atoms with Crippen molar-refractivity contribution in [3.63, 3.8) is 0 Å². The number of methoxy groups -OCH3 is 1. The minimum Gasteiger partial charge on any atom is -0.469 e. The zero-order chi connectivity index (χ0) is 21.9. The molecule has 0 N–H and O–H groups in total. The number of ether oxygens (including phenoxy) is 2. The van der Waals surface area contributed by atoms with Crippen molar-refractivity contribution in [3.8, 4) is 0 Å². The molecule has 0 radical (unpaired) electrons. The molecule has 4 nitrogen and oxygen atoms in total. The van der Waals surface area contributed by atoms with Crippen LogP contribution in [0.4, 0.5) is 0 Å². The van der Waals surface area contributed by atoms with Crippen molar-refractivity contribution in [2.24, 2.45) is 0 Å². The fraction of sp³-hybridized carbons (Fsp3) is 0.500. The number of benzene rings is 2. The highest BCUT2D eigenvalue weighted by Gasteiger charge is 2.24. The van der Waals surface area contributed by atoms with Crippen LogP contribution in [0.1, 0.15) is 62.2 Å². The van der Waals surface area contributed by atoms with Gasteiger partial charge in [-0.3, -0.25) is 4.79 Å². The molecule has 1 fully saturated rings. The number of hydrogen-bond donors (Lipinski definition) is 0. The lowest BCUT2D eigenvalue weighted by molar-refractivity contribution is -0.140. The molecular weight excluding hydrogens is 410 g/mol. The molecule has 2 aromatic rings. The number of nitrogens with zero attached hydrogens (tertiary/aromatic N) is 1. The highest BCUT2D eigenvalue weighted by Crippen LogP contribution is 2.30. The molecule has 0 spiro atoms. The molecule has 1 atom stereocenters. The molecule has 0 aromatic heterocycles. The molecule has 2 aromatic carbocycles. The fourth-order valence-electron chi connectivity index (χ4n) is 4.14. The maximum absolute atomic E-state index is 11.1. The molecule has 168 valence electrons. The highest BCUT2D eigenvalue weighted by atomic mass is 35.5. The molecular formula is C26H34ClNO3. The van der Waals surface area contributed by atoms with E-state index in [0.29, 0.717) is 6.42 Å². The van der Waals surface area contributed by atoms with Crippen LogP contribution in [0.3, 0.4) is 0 Å². The summed E-state index contributed by atoms with van der Waals surface area (Å²) in [5.41, 5.74) is 2.32. The minimum absolute atomic E-state index is 0.0650. The van der Waals surface area contributed by atoms with Gasteiger partial charge in [0, 0.05) is 24.5 Å². The summed E-state index contributed by atoms with van der Waals surface area (Å²) >= 11 is 6.09. The molecule has 1 aliphatic heterocycles. The van der Waals surface area contributed by atoms with Gasteiger partial charge in [-0.15, -0.1) is 0 Å². The maximum Gasteiger partial charge on any atom is 0.305 e. The molecule has 3 rings (SSSR count). The first kappa shape index (κ1) is 23.8. The Morgan fingerprint density at radius 1 is 0.968 bits per heavy atom. The van der Waals surface area contributed by atoms with Gasteiger partial charge < -0.3 is 14.4 Å². The van der Waals surface area contributed by atoms with Gasteiger partial charge >= 0.3 is 5.97 Å². The van der Waals surface area contributed by atoms with Gasteiger partial charge in [0.1, 0.15) is 6.10 Å². The van der Waals surface area contributed by atoms with Crippen molar-refractivity contribution in [3.05, 3.63) is 70.7 Å².